The van der Waals surface area contributed by atoms with Crippen LogP contribution >= 0.6 is 0 Å². The van der Waals surface area contributed by atoms with Gasteiger partial charge in [-0.2, -0.15) is 0 Å². The summed E-state index contributed by atoms with van der Waals surface area (Å²) >= 11 is 0. The van der Waals surface area contributed by atoms with Crippen molar-refractivity contribution in [2.75, 3.05) is 13.1 Å². The van der Waals surface area contributed by atoms with E-state index in [1.54, 1.807) is 0 Å². The maximum atomic E-state index is 12.1. The maximum Gasteiger partial charge on any atom is 0.142 e. The van der Waals surface area contributed by atoms with Crippen LogP contribution in [0, 0.1) is 5.92 Å². The summed E-state index contributed by atoms with van der Waals surface area (Å²) in [7, 11) is 0. The van der Waals surface area contributed by atoms with Gasteiger partial charge in [0.2, 0.25) is 0 Å². The van der Waals surface area contributed by atoms with Crippen LogP contribution in [0.25, 0.3) is 0 Å². The summed E-state index contributed by atoms with van der Waals surface area (Å²) in [5.41, 5.74) is 0. The fourth-order valence-corrected chi connectivity index (χ4v) is 3.60. The van der Waals surface area contributed by atoms with E-state index >= 15 is 0 Å². The van der Waals surface area contributed by atoms with Crippen molar-refractivity contribution >= 4 is 5.78 Å². The van der Waals surface area contributed by atoms with Gasteiger partial charge < -0.3 is 4.74 Å². The lowest BCUT2D eigenvalue weighted by atomic mass is 9.79. The van der Waals surface area contributed by atoms with E-state index in [0.29, 0.717) is 18.2 Å². The second-order valence-corrected chi connectivity index (χ2v) is 5.22. The Balaban J connectivity index is 1.83. The molecule has 0 saturated carbocycles. The molecule has 0 aromatic heterocycles. The largest absolute Gasteiger partial charge is 0.374 e. The average molecular weight is 209 g/mol. The number of ketones is 1. The fraction of sp³-hybridized carbons (Fsp3) is 0.917. The van der Waals surface area contributed by atoms with Gasteiger partial charge in [0.25, 0.3) is 0 Å². The van der Waals surface area contributed by atoms with Crippen LogP contribution in [0.15, 0.2) is 0 Å². The molecule has 0 aromatic carbocycles. The molecule has 3 fully saturated rings. The highest BCUT2D eigenvalue weighted by atomic mass is 16.5. The van der Waals surface area contributed by atoms with E-state index in [9.17, 15) is 4.79 Å². The number of carbonyl (C=O) groups is 1. The minimum atomic E-state index is 0.145. The SMILES string of the molecule is C[C@@H]1CC(=O)[C@@H]2[C@H]3CCCN3CC[C@H]2O1. The molecule has 3 saturated heterocycles. The summed E-state index contributed by atoms with van der Waals surface area (Å²) in [6, 6.07) is 0.503. The van der Waals surface area contributed by atoms with Crippen LogP contribution in [-0.2, 0) is 9.53 Å². The molecule has 0 spiro atoms. The molecule has 3 heterocycles. The molecule has 0 radical (unpaired) electrons. The van der Waals surface area contributed by atoms with Crippen LogP contribution < -0.4 is 0 Å². The molecule has 0 bridgehead atoms. The van der Waals surface area contributed by atoms with Gasteiger partial charge in [0, 0.05) is 19.0 Å². The number of rotatable bonds is 0. The summed E-state index contributed by atoms with van der Waals surface area (Å²) < 4.78 is 5.92. The van der Waals surface area contributed by atoms with Crippen molar-refractivity contribution in [1.29, 1.82) is 0 Å². The average Bonchev–Trinajstić information content (AvgIpc) is 2.63. The molecule has 3 aliphatic heterocycles. The lowest BCUT2D eigenvalue weighted by Gasteiger charge is -2.45. The Kier molecular flexibility index (Phi) is 2.33. The number of ether oxygens (including phenoxy) is 1. The van der Waals surface area contributed by atoms with E-state index in [0.717, 1.165) is 13.0 Å². The summed E-state index contributed by atoms with van der Waals surface area (Å²) in [4.78, 5) is 14.6. The lowest BCUT2D eigenvalue weighted by molar-refractivity contribution is -0.156. The smallest absolute Gasteiger partial charge is 0.142 e. The van der Waals surface area contributed by atoms with Crippen molar-refractivity contribution in [3.63, 3.8) is 0 Å². The summed E-state index contributed by atoms with van der Waals surface area (Å²) in [5, 5.41) is 0. The zero-order chi connectivity index (χ0) is 10.4. The van der Waals surface area contributed by atoms with Crippen LogP contribution in [0.3, 0.4) is 0 Å². The number of fused-ring (bicyclic) bond motifs is 3. The molecule has 0 unspecified atom stereocenters. The zero-order valence-electron chi connectivity index (χ0n) is 9.32. The lowest BCUT2D eigenvalue weighted by Crippen LogP contribution is -2.55. The second-order valence-electron chi connectivity index (χ2n) is 5.22. The topological polar surface area (TPSA) is 29.5 Å². The first kappa shape index (κ1) is 9.79. The number of piperidine rings is 1. The molecule has 0 aromatic rings. The number of hydrogen-bond acceptors (Lipinski definition) is 3. The summed E-state index contributed by atoms with van der Waals surface area (Å²) in [6.07, 6.45) is 4.51. The van der Waals surface area contributed by atoms with E-state index in [-0.39, 0.29) is 18.1 Å². The number of Topliss-reactive ketones (excluding diaryl/α,β-unsaturated/α-hetero) is 1. The standard InChI is InChI=1S/C12H19NO2/c1-8-7-10(14)12-9-3-2-5-13(9)6-4-11(12)15-8/h8-9,11-12H,2-7H2,1H3/t8-,9-,11-,12+/m1/s1. The monoisotopic (exact) mass is 209 g/mol. The Labute approximate surface area is 90.8 Å². The Morgan fingerprint density at radius 2 is 2.20 bits per heavy atom. The predicted molar refractivity (Wildman–Crippen MR) is 56.7 cm³/mol. The summed E-state index contributed by atoms with van der Waals surface area (Å²) in [6.45, 7) is 4.34. The highest BCUT2D eigenvalue weighted by molar-refractivity contribution is 5.83. The van der Waals surface area contributed by atoms with Crippen LogP contribution in [0.1, 0.15) is 32.6 Å². The molecular formula is C12H19NO2. The van der Waals surface area contributed by atoms with E-state index in [1.165, 1.54) is 19.4 Å². The molecule has 15 heavy (non-hydrogen) atoms. The first-order chi connectivity index (χ1) is 7.25. The molecule has 3 rings (SSSR count). The molecule has 0 N–H and O–H groups in total. The van der Waals surface area contributed by atoms with Crippen molar-refractivity contribution in [2.24, 2.45) is 5.92 Å². The van der Waals surface area contributed by atoms with Crippen LogP contribution in [0.5, 0.6) is 0 Å². The van der Waals surface area contributed by atoms with Gasteiger partial charge >= 0.3 is 0 Å². The minimum absolute atomic E-state index is 0.145. The Morgan fingerprint density at radius 1 is 1.33 bits per heavy atom. The molecular weight excluding hydrogens is 190 g/mol. The van der Waals surface area contributed by atoms with Gasteiger partial charge in [0.05, 0.1) is 18.1 Å². The van der Waals surface area contributed by atoms with Crippen LogP contribution in [-0.4, -0.2) is 42.0 Å². The number of nitrogens with zero attached hydrogens (tertiary/aromatic N) is 1. The molecule has 0 aliphatic carbocycles. The molecule has 0 amide bonds. The van der Waals surface area contributed by atoms with Crippen LogP contribution in [0.2, 0.25) is 0 Å². The van der Waals surface area contributed by atoms with Gasteiger partial charge in [-0.15, -0.1) is 0 Å². The van der Waals surface area contributed by atoms with E-state index < -0.39 is 0 Å². The zero-order valence-corrected chi connectivity index (χ0v) is 9.32. The van der Waals surface area contributed by atoms with Crippen molar-refractivity contribution in [2.45, 2.75) is 50.9 Å². The van der Waals surface area contributed by atoms with Gasteiger partial charge in [-0.25, -0.2) is 0 Å². The Morgan fingerprint density at radius 3 is 3.07 bits per heavy atom. The normalized spacial score (nSPS) is 46.3. The highest BCUT2D eigenvalue weighted by Gasteiger charge is 2.47. The molecule has 3 nitrogen and oxygen atoms in total. The fourth-order valence-electron chi connectivity index (χ4n) is 3.60. The van der Waals surface area contributed by atoms with E-state index in [2.05, 4.69) is 4.90 Å². The van der Waals surface area contributed by atoms with Crippen molar-refractivity contribution in [3.8, 4) is 0 Å². The van der Waals surface area contributed by atoms with Crippen molar-refractivity contribution < 1.29 is 9.53 Å². The quantitative estimate of drug-likeness (QED) is 0.600. The minimum Gasteiger partial charge on any atom is -0.374 e. The van der Waals surface area contributed by atoms with Gasteiger partial charge in [-0.05, 0) is 32.7 Å². The molecule has 4 atom stereocenters. The van der Waals surface area contributed by atoms with Gasteiger partial charge in [0.1, 0.15) is 5.78 Å². The van der Waals surface area contributed by atoms with Crippen LogP contribution in [0.4, 0.5) is 0 Å². The predicted octanol–water partition coefficient (Wildman–Crippen LogP) is 1.22. The molecule has 84 valence electrons. The van der Waals surface area contributed by atoms with E-state index in [1.807, 2.05) is 6.92 Å². The molecule has 3 aliphatic rings. The second kappa shape index (κ2) is 3.56. The van der Waals surface area contributed by atoms with Gasteiger partial charge in [0.15, 0.2) is 0 Å². The van der Waals surface area contributed by atoms with E-state index in [4.69, 9.17) is 4.74 Å². The molecule has 3 heteroatoms. The summed E-state index contributed by atoms with van der Waals surface area (Å²) in [5.74, 6) is 0.646. The highest BCUT2D eigenvalue weighted by Crippen LogP contribution is 2.37. The van der Waals surface area contributed by atoms with Crippen molar-refractivity contribution in [3.05, 3.63) is 0 Å². The number of carbonyl (C=O) groups excluding carboxylic acids is 1. The van der Waals surface area contributed by atoms with Gasteiger partial charge in [-0.1, -0.05) is 0 Å². The first-order valence-corrected chi connectivity index (χ1v) is 6.18. The number of hydrogen-bond donors (Lipinski definition) is 0. The van der Waals surface area contributed by atoms with Crippen molar-refractivity contribution in [1.82, 2.24) is 4.90 Å². The Bertz CT molecular complexity index is 279. The third kappa shape index (κ3) is 1.53. The first-order valence-electron chi connectivity index (χ1n) is 6.18. The third-order valence-corrected chi connectivity index (χ3v) is 4.20. The third-order valence-electron chi connectivity index (χ3n) is 4.20. The van der Waals surface area contributed by atoms with Gasteiger partial charge in [-0.3, -0.25) is 9.69 Å². The Hall–Kier alpha value is -0.410. The maximum absolute atomic E-state index is 12.1.